The highest BCUT2D eigenvalue weighted by Gasteiger charge is 2.23. The van der Waals surface area contributed by atoms with Crippen molar-refractivity contribution in [1.82, 2.24) is 29.5 Å². The van der Waals surface area contributed by atoms with Crippen molar-refractivity contribution in [2.75, 3.05) is 13.1 Å². The monoisotopic (exact) mass is 324 g/mol. The number of aromatic nitrogens is 5. The number of aryl methyl sites for hydroxylation is 1. The van der Waals surface area contributed by atoms with Crippen LogP contribution in [0.4, 0.5) is 0 Å². The predicted octanol–water partition coefficient (Wildman–Crippen LogP) is 1.50. The van der Waals surface area contributed by atoms with Crippen molar-refractivity contribution in [2.45, 2.75) is 32.2 Å². The van der Waals surface area contributed by atoms with E-state index in [9.17, 15) is 4.79 Å². The molecule has 7 nitrogen and oxygen atoms in total. The molecule has 0 spiro atoms. The van der Waals surface area contributed by atoms with E-state index in [2.05, 4.69) is 25.0 Å². The maximum atomic E-state index is 11.7. The number of aromatic amines is 1. The van der Waals surface area contributed by atoms with Gasteiger partial charge in [-0.2, -0.15) is 5.10 Å². The van der Waals surface area contributed by atoms with Crippen LogP contribution < -0.4 is 5.56 Å². The lowest BCUT2D eigenvalue weighted by molar-refractivity contribution is 0.199. The summed E-state index contributed by atoms with van der Waals surface area (Å²) >= 11 is 0. The van der Waals surface area contributed by atoms with Crippen LogP contribution >= 0.6 is 0 Å². The molecule has 3 aromatic heterocycles. The Kier molecular flexibility index (Phi) is 3.86. The molecular formula is C17H20N6O. The maximum absolute atomic E-state index is 11.7. The first-order valence-electron chi connectivity index (χ1n) is 8.26. The van der Waals surface area contributed by atoms with Gasteiger partial charge in [-0.15, -0.1) is 0 Å². The number of hydrogen-bond acceptors (Lipinski definition) is 5. The van der Waals surface area contributed by atoms with Gasteiger partial charge in [0.1, 0.15) is 5.82 Å². The van der Waals surface area contributed by atoms with Crippen molar-refractivity contribution in [1.29, 1.82) is 0 Å². The van der Waals surface area contributed by atoms with E-state index in [0.29, 0.717) is 11.7 Å². The van der Waals surface area contributed by atoms with Crippen molar-refractivity contribution in [3.05, 3.63) is 58.2 Å². The molecule has 4 heterocycles. The molecule has 1 atom stereocenters. The van der Waals surface area contributed by atoms with Crippen LogP contribution in [0.15, 0.2) is 35.5 Å². The third kappa shape index (κ3) is 2.94. The molecule has 0 saturated carbocycles. The minimum absolute atomic E-state index is 0.0681. The van der Waals surface area contributed by atoms with Gasteiger partial charge >= 0.3 is 0 Å². The van der Waals surface area contributed by atoms with Crippen molar-refractivity contribution < 1.29 is 0 Å². The molecule has 0 aromatic carbocycles. The lowest BCUT2D eigenvalue weighted by Crippen LogP contribution is -2.34. The molecule has 1 unspecified atom stereocenters. The van der Waals surface area contributed by atoms with Crippen LogP contribution in [0.1, 0.15) is 35.8 Å². The minimum Gasteiger partial charge on any atom is -0.311 e. The molecule has 0 radical (unpaired) electrons. The Labute approximate surface area is 139 Å². The Morgan fingerprint density at radius 3 is 3.21 bits per heavy atom. The van der Waals surface area contributed by atoms with Crippen LogP contribution in [0.25, 0.3) is 5.65 Å². The molecule has 3 aromatic rings. The lowest BCUT2D eigenvalue weighted by Gasteiger charge is -2.32. The normalized spacial score (nSPS) is 19.0. The summed E-state index contributed by atoms with van der Waals surface area (Å²) in [7, 11) is 0. The number of hydrogen-bond donors (Lipinski definition) is 1. The molecule has 1 aliphatic heterocycles. The Balaban J connectivity index is 1.53. The van der Waals surface area contributed by atoms with Crippen molar-refractivity contribution >= 4 is 5.65 Å². The van der Waals surface area contributed by atoms with Crippen molar-refractivity contribution in [3.63, 3.8) is 0 Å². The summed E-state index contributed by atoms with van der Waals surface area (Å²) in [4.78, 5) is 25.8. The zero-order valence-electron chi connectivity index (χ0n) is 13.6. The van der Waals surface area contributed by atoms with Gasteiger partial charge in [0.25, 0.3) is 5.56 Å². The molecule has 1 fully saturated rings. The van der Waals surface area contributed by atoms with Crippen LogP contribution in [0.2, 0.25) is 0 Å². The SMILES string of the molecule is Cc1nc(C2CCCN(Cc3cnn4cccnc34)C2)cc(=O)[nH]1. The molecule has 1 saturated heterocycles. The molecule has 24 heavy (non-hydrogen) atoms. The summed E-state index contributed by atoms with van der Waals surface area (Å²) in [5, 5.41) is 4.35. The summed E-state index contributed by atoms with van der Waals surface area (Å²) in [5.74, 6) is 0.982. The van der Waals surface area contributed by atoms with Gasteiger partial charge in [0.15, 0.2) is 5.65 Å². The fourth-order valence-corrected chi connectivity index (χ4v) is 3.48. The molecule has 7 heteroatoms. The topological polar surface area (TPSA) is 79.2 Å². The summed E-state index contributed by atoms with van der Waals surface area (Å²) in [5.41, 5.74) is 2.87. The molecular weight excluding hydrogens is 304 g/mol. The third-order valence-corrected chi connectivity index (χ3v) is 4.55. The van der Waals surface area contributed by atoms with E-state index in [1.807, 2.05) is 25.4 Å². The number of H-pyrrole nitrogens is 1. The van der Waals surface area contributed by atoms with E-state index >= 15 is 0 Å². The summed E-state index contributed by atoms with van der Waals surface area (Å²) in [6.45, 7) is 4.60. The zero-order chi connectivity index (χ0) is 16.5. The average molecular weight is 324 g/mol. The fraction of sp³-hybridized carbons (Fsp3) is 0.412. The Morgan fingerprint density at radius 2 is 2.33 bits per heavy atom. The predicted molar refractivity (Wildman–Crippen MR) is 89.8 cm³/mol. The number of rotatable bonds is 3. The second-order valence-corrected chi connectivity index (χ2v) is 6.39. The van der Waals surface area contributed by atoms with Gasteiger partial charge in [-0.25, -0.2) is 14.5 Å². The van der Waals surface area contributed by atoms with E-state index in [-0.39, 0.29) is 5.56 Å². The molecule has 1 N–H and O–H groups in total. The molecule has 1 aliphatic rings. The largest absolute Gasteiger partial charge is 0.311 e. The van der Waals surface area contributed by atoms with Crippen LogP contribution in [-0.2, 0) is 6.54 Å². The quantitative estimate of drug-likeness (QED) is 0.790. The van der Waals surface area contributed by atoms with Gasteiger partial charge in [0, 0.05) is 43.0 Å². The van der Waals surface area contributed by atoms with Gasteiger partial charge < -0.3 is 4.98 Å². The van der Waals surface area contributed by atoms with Crippen molar-refractivity contribution in [2.24, 2.45) is 0 Å². The van der Waals surface area contributed by atoms with Crippen LogP contribution in [0.5, 0.6) is 0 Å². The Morgan fingerprint density at radius 1 is 1.42 bits per heavy atom. The third-order valence-electron chi connectivity index (χ3n) is 4.55. The van der Waals surface area contributed by atoms with Gasteiger partial charge in [0.2, 0.25) is 0 Å². The van der Waals surface area contributed by atoms with E-state index in [1.165, 1.54) is 0 Å². The first kappa shape index (κ1) is 15.0. The van der Waals surface area contributed by atoms with E-state index in [4.69, 9.17) is 0 Å². The first-order chi connectivity index (χ1) is 11.7. The summed E-state index contributed by atoms with van der Waals surface area (Å²) in [6, 6.07) is 3.51. The molecule has 0 bridgehead atoms. The minimum atomic E-state index is -0.0681. The van der Waals surface area contributed by atoms with Gasteiger partial charge in [-0.1, -0.05) is 0 Å². The van der Waals surface area contributed by atoms with Crippen LogP contribution in [-0.4, -0.2) is 42.6 Å². The standard InChI is InChI=1S/C17H20N6O/c1-12-20-15(8-16(24)21-12)13-4-2-6-22(10-13)11-14-9-19-23-7-3-5-18-17(14)23/h3,5,7-9,13H,2,4,6,10-11H2,1H3,(H,20,21,24). The van der Waals surface area contributed by atoms with E-state index < -0.39 is 0 Å². The van der Waals surface area contributed by atoms with Crippen LogP contribution in [0.3, 0.4) is 0 Å². The Bertz CT molecular complexity index is 915. The number of piperidine rings is 1. The Hall–Kier alpha value is -2.54. The number of nitrogens with zero attached hydrogens (tertiary/aromatic N) is 5. The van der Waals surface area contributed by atoms with Crippen molar-refractivity contribution in [3.8, 4) is 0 Å². The number of nitrogens with one attached hydrogen (secondary N) is 1. The second-order valence-electron chi connectivity index (χ2n) is 6.39. The number of likely N-dealkylation sites (tertiary alicyclic amines) is 1. The average Bonchev–Trinajstić information content (AvgIpc) is 2.97. The van der Waals surface area contributed by atoms with Crippen LogP contribution in [0, 0.1) is 6.92 Å². The van der Waals surface area contributed by atoms with E-state index in [0.717, 1.165) is 49.4 Å². The molecule has 0 aliphatic carbocycles. The highest BCUT2D eigenvalue weighted by molar-refractivity contribution is 5.45. The van der Waals surface area contributed by atoms with Gasteiger partial charge in [-0.3, -0.25) is 9.69 Å². The maximum Gasteiger partial charge on any atom is 0.251 e. The van der Waals surface area contributed by atoms with Gasteiger partial charge in [0.05, 0.1) is 11.9 Å². The fourth-order valence-electron chi connectivity index (χ4n) is 3.48. The summed E-state index contributed by atoms with van der Waals surface area (Å²) < 4.78 is 1.80. The highest BCUT2D eigenvalue weighted by atomic mass is 16.1. The molecule has 4 rings (SSSR count). The number of fused-ring (bicyclic) bond motifs is 1. The van der Waals surface area contributed by atoms with Gasteiger partial charge in [-0.05, 0) is 32.4 Å². The summed E-state index contributed by atoms with van der Waals surface area (Å²) in [6.07, 6.45) is 7.77. The highest BCUT2D eigenvalue weighted by Crippen LogP contribution is 2.26. The molecule has 124 valence electrons. The first-order valence-corrected chi connectivity index (χ1v) is 8.26. The smallest absolute Gasteiger partial charge is 0.251 e. The lowest BCUT2D eigenvalue weighted by atomic mass is 9.94. The van der Waals surface area contributed by atoms with E-state index in [1.54, 1.807) is 16.8 Å². The second kappa shape index (κ2) is 6.16. The zero-order valence-corrected chi connectivity index (χ0v) is 13.6. The molecule has 0 amide bonds.